The third-order valence-electron chi connectivity index (χ3n) is 10.5. The molecule has 2 unspecified atom stereocenters. The number of nitrogens with zero attached hydrogens (tertiary/aromatic N) is 6. The Balaban J connectivity index is 1.33. The first-order valence-electron chi connectivity index (χ1n) is 20.6. The van der Waals surface area contributed by atoms with Crippen LogP contribution in [0.25, 0.3) is 22.5 Å². The third kappa shape index (κ3) is 11.5. The van der Waals surface area contributed by atoms with Crippen LogP contribution in [-0.2, 0) is 17.6 Å². The average Bonchev–Trinajstić information content (AvgIpc) is 3.27. The van der Waals surface area contributed by atoms with Gasteiger partial charge in [0.25, 0.3) is 0 Å². The van der Waals surface area contributed by atoms with Crippen molar-refractivity contribution in [2.24, 2.45) is 0 Å². The maximum Gasteiger partial charge on any atom is 0.127 e. The summed E-state index contributed by atoms with van der Waals surface area (Å²) < 4.78 is 7.20. The summed E-state index contributed by atoms with van der Waals surface area (Å²) in [5.41, 5.74) is 10.3. The first-order valence-corrected chi connectivity index (χ1v) is 20.6. The maximum atomic E-state index is 9.28. The molecule has 0 saturated heterocycles. The van der Waals surface area contributed by atoms with E-state index in [1.807, 2.05) is 24.3 Å². The Morgan fingerprint density at radius 1 is 0.456 bits per heavy atom. The van der Waals surface area contributed by atoms with Crippen molar-refractivity contribution in [3.8, 4) is 34.7 Å². The molecule has 6 rings (SSSR count). The molecule has 7 nitrogen and oxygen atoms in total. The van der Waals surface area contributed by atoms with Gasteiger partial charge in [-0.3, -0.25) is 19.9 Å². The molecule has 0 aliphatic carbocycles. The van der Waals surface area contributed by atoms with Crippen LogP contribution < -0.4 is 0 Å². The molecule has 0 aliphatic rings. The summed E-state index contributed by atoms with van der Waals surface area (Å²) in [6.07, 6.45) is 20.5. The van der Waals surface area contributed by atoms with Gasteiger partial charge >= 0.3 is 0 Å². The normalized spacial score (nSPS) is 12.1. The highest BCUT2D eigenvalue weighted by Crippen LogP contribution is 2.36. The minimum absolute atomic E-state index is 0.561. The zero-order valence-electron chi connectivity index (χ0n) is 33.3. The lowest BCUT2D eigenvalue weighted by atomic mass is 9.99. The molecule has 0 saturated carbocycles. The molecule has 2 atom stereocenters. The number of aryl methyl sites for hydroxylation is 2. The summed E-state index contributed by atoms with van der Waals surface area (Å²) >= 11 is 0. The van der Waals surface area contributed by atoms with Crippen LogP contribution in [0.3, 0.4) is 0 Å². The fraction of sp³-hybridized carbons (Fsp3) is 0.320. The van der Waals surface area contributed by atoms with Gasteiger partial charge in [-0.15, -0.1) is 0 Å². The van der Waals surface area contributed by atoms with Gasteiger partial charge in [0.1, 0.15) is 12.2 Å². The zero-order valence-corrected chi connectivity index (χ0v) is 33.3. The second-order valence-corrected chi connectivity index (χ2v) is 14.7. The Morgan fingerprint density at radius 2 is 0.842 bits per heavy atom. The first kappa shape index (κ1) is 40.6. The number of benzene rings is 4. The van der Waals surface area contributed by atoms with Crippen LogP contribution in [0.1, 0.15) is 135 Å². The summed E-state index contributed by atoms with van der Waals surface area (Å²) in [7, 11) is 0. The van der Waals surface area contributed by atoms with Gasteiger partial charge in [-0.25, -0.2) is 0 Å². The monoisotopic (exact) mass is 752 g/mol. The summed E-state index contributed by atoms with van der Waals surface area (Å²) in [6.45, 7) is 4.49. The van der Waals surface area contributed by atoms with Crippen molar-refractivity contribution in [3.05, 3.63) is 167 Å². The lowest BCUT2D eigenvalue weighted by Gasteiger charge is -2.25. The minimum Gasteiger partial charge on any atom is -0.353 e. The molecule has 6 aromatic rings. The van der Waals surface area contributed by atoms with Gasteiger partial charge in [0.2, 0.25) is 0 Å². The third-order valence-corrected chi connectivity index (χ3v) is 10.5. The molecular weight excluding hydrogens is 701 g/mol. The number of ether oxygens (including phenoxy) is 1. The number of hydrogen-bond acceptors (Lipinski definition) is 7. The predicted octanol–water partition coefficient (Wildman–Crippen LogP) is 12.3. The highest BCUT2D eigenvalue weighted by molar-refractivity contribution is 5.60. The van der Waals surface area contributed by atoms with Gasteiger partial charge in [0.05, 0.1) is 70.8 Å². The van der Waals surface area contributed by atoms with E-state index in [9.17, 15) is 10.5 Å². The van der Waals surface area contributed by atoms with Crippen molar-refractivity contribution < 1.29 is 4.74 Å². The van der Waals surface area contributed by atoms with E-state index in [4.69, 9.17) is 24.7 Å². The lowest BCUT2D eigenvalue weighted by Crippen LogP contribution is -2.16. The van der Waals surface area contributed by atoms with E-state index in [1.54, 1.807) is 49.1 Å². The fourth-order valence-electron chi connectivity index (χ4n) is 7.03. The summed E-state index contributed by atoms with van der Waals surface area (Å²) in [4.78, 5) is 19.5. The fourth-order valence-corrected chi connectivity index (χ4v) is 7.03. The van der Waals surface area contributed by atoms with Crippen LogP contribution >= 0.6 is 0 Å². The van der Waals surface area contributed by atoms with Crippen molar-refractivity contribution in [1.29, 1.82) is 10.5 Å². The van der Waals surface area contributed by atoms with E-state index >= 15 is 0 Å². The summed E-state index contributed by atoms with van der Waals surface area (Å²) in [5, 5.41) is 18.6. The molecular formula is C50H52N6O. The van der Waals surface area contributed by atoms with Crippen molar-refractivity contribution in [3.63, 3.8) is 0 Å². The molecule has 4 aromatic carbocycles. The highest BCUT2D eigenvalue weighted by atomic mass is 16.5. The van der Waals surface area contributed by atoms with Crippen molar-refractivity contribution >= 4 is 0 Å². The smallest absolute Gasteiger partial charge is 0.127 e. The topological polar surface area (TPSA) is 108 Å². The Bertz CT molecular complexity index is 2020. The lowest BCUT2D eigenvalue weighted by molar-refractivity contribution is 0.0258. The van der Waals surface area contributed by atoms with E-state index in [2.05, 4.69) is 74.5 Å². The summed E-state index contributed by atoms with van der Waals surface area (Å²) in [5.74, 6) is 0. The molecule has 0 amide bonds. The van der Waals surface area contributed by atoms with Gasteiger partial charge in [-0.05, 0) is 72.2 Å². The van der Waals surface area contributed by atoms with Crippen LogP contribution in [0, 0.1) is 22.7 Å². The molecule has 288 valence electrons. The van der Waals surface area contributed by atoms with Crippen molar-refractivity contribution in [2.45, 2.75) is 103 Å². The zero-order chi connectivity index (χ0) is 39.7. The Morgan fingerprint density at radius 3 is 1.18 bits per heavy atom. The van der Waals surface area contributed by atoms with E-state index in [1.165, 1.54) is 75.3 Å². The van der Waals surface area contributed by atoms with E-state index < -0.39 is 12.2 Å². The second kappa shape index (κ2) is 21.3. The number of nitriles is 2. The predicted molar refractivity (Wildman–Crippen MR) is 227 cm³/mol. The molecule has 0 radical (unpaired) electrons. The molecule has 7 heteroatoms. The van der Waals surface area contributed by atoms with Crippen LogP contribution in [-0.4, -0.2) is 19.9 Å². The molecule has 57 heavy (non-hydrogen) atoms. The van der Waals surface area contributed by atoms with Gasteiger partial charge in [-0.1, -0.05) is 138 Å². The molecule has 0 bridgehead atoms. The van der Waals surface area contributed by atoms with E-state index in [-0.39, 0.29) is 0 Å². The molecule has 2 heterocycles. The molecule has 2 aromatic heterocycles. The number of rotatable bonds is 20. The van der Waals surface area contributed by atoms with Crippen LogP contribution in [0.4, 0.5) is 0 Å². The molecule has 0 N–H and O–H groups in total. The molecule has 0 spiro atoms. The van der Waals surface area contributed by atoms with Crippen LogP contribution in [0.15, 0.2) is 122 Å². The standard InChI is InChI=1S/C50H52N6O/c1-3-5-7-9-11-13-37-15-27-43(28-16-37)49(47-35-53-45(33-55-47)41-23-19-39(31-51)20-24-41)57-50(44-29-17-38(18-30-44)14-12-10-8-6-4-2)48-36-54-46(34-56-48)42-25-21-40(32-52)22-26-42/h15-30,33-36,49-50H,3-14H2,1-2H3. The van der Waals surface area contributed by atoms with Gasteiger partial charge < -0.3 is 4.74 Å². The quantitative estimate of drug-likeness (QED) is 0.0714. The van der Waals surface area contributed by atoms with Crippen LogP contribution in [0.5, 0.6) is 0 Å². The maximum absolute atomic E-state index is 9.28. The van der Waals surface area contributed by atoms with E-state index in [0.29, 0.717) is 33.9 Å². The molecule has 0 fully saturated rings. The van der Waals surface area contributed by atoms with Crippen molar-refractivity contribution in [2.75, 3.05) is 0 Å². The minimum atomic E-state index is -0.561. The van der Waals surface area contributed by atoms with Gasteiger partial charge in [0.15, 0.2) is 0 Å². The van der Waals surface area contributed by atoms with Crippen LogP contribution in [0.2, 0.25) is 0 Å². The number of aromatic nitrogens is 4. The largest absolute Gasteiger partial charge is 0.353 e. The first-order chi connectivity index (χ1) is 28.1. The Kier molecular flexibility index (Phi) is 15.2. The Labute approximate surface area is 338 Å². The van der Waals surface area contributed by atoms with Gasteiger partial charge in [-0.2, -0.15) is 10.5 Å². The number of hydrogen-bond donors (Lipinski definition) is 0. The van der Waals surface area contributed by atoms with Gasteiger partial charge in [0, 0.05) is 11.1 Å². The van der Waals surface area contributed by atoms with Crippen molar-refractivity contribution in [1.82, 2.24) is 19.9 Å². The summed E-state index contributed by atoms with van der Waals surface area (Å²) in [6, 6.07) is 36.5. The average molecular weight is 753 g/mol. The SMILES string of the molecule is CCCCCCCc1ccc(C(OC(c2ccc(CCCCCCC)cc2)c2cnc(-c3ccc(C#N)cc3)cn2)c2cnc(-c3ccc(C#N)cc3)cn2)cc1. The van der Waals surface area contributed by atoms with E-state index in [0.717, 1.165) is 35.1 Å². The number of unbranched alkanes of at least 4 members (excludes halogenated alkanes) is 8. The second-order valence-electron chi connectivity index (χ2n) is 14.7. The highest BCUT2D eigenvalue weighted by Gasteiger charge is 2.26. The Hall–Kier alpha value is -6.02. The molecule has 0 aliphatic heterocycles.